The summed E-state index contributed by atoms with van der Waals surface area (Å²) in [4.78, 5) is 4.33. The lowest BCUT2D eigenvalue weighted by atomic mass is 10.2. The number of ether oxygens (including phenoxy) is 1. The number of aryl methyl sites for hydroxylation is 3. The van der Waals surface area contributed by atoms with Gasteiger partial charge in [0.2, 0.25) is 5.89 Å². The Hall–Kier alpha value is -1.97. The fraction of sp³-hybridized carbons (Fsp3) is 0.357. The lowest BCUT2D eigenvalue weighted by molar-refractivity contribution is 0.416. The van der Waals surface area contributed by atoms with E-state index >= 15 is 0 Å². The number of anilines is 1. The number of nitrogens with one attached hydrogen (secondary N) is 1. The molecule has 2 aromatic rings. The average molecular weight is 246 g/mol. The molecule has 1 N–H and O–H groups in total. The second-order valence-corrected chi connectivity index (χ2v) is 4.31. The molecule has 1 heterocycles. The van der Waals surface area contributed by atoms with Crippen LogP contribution in [0.25, 0.3) is 0 Å². The maximum atomic E-state index is 5.53. The van der Waals surface area contributed by atoms with E-state index in [-0.39, 0.29) is 0 Å². The first-order chi connectivity index (χ1) is 8.60. The van der Waals surface area contributed by atoms with Crippen LogP contribution in [-0.4, -0.2) is 12.1 Å². The van der Waals surface area contributed by atoms with Crippen molar-refractivity contribution < 1.29 is 9.15 Å². The summed E-state index contributed by atoms with van der Waals surface area (Å²) in [5.41, 5.74) is 3.06. The normalized spacial score (nSPS) is 10.4. The molecule has 4 heteroatoms. The van der Waals surface area contributed by atoms with Gasteiger partial charge in [-0.1, -0.05) is 6.07 Å². The summed E-state index contributed by atoms with van der Waals surface area (Å²) in [7, 11) is 1.66. The van der Waals surface area contributed by atoms with Crippen LogP contribution in [0.3, 0.4) is 0 Å². The highest BCUT2D eigenvalue weighted by atomic mass is 16.5. The number of nitrogens with zero attached hydrogens (tertiary/aromatic N) is 1. The molecule has 0 aliphatic carbocycles. The third-order valence-electron chi connectivity index (χ3n) is 2.86. The Kier molecular flexibility index (Phi) is 3.55. The van der Waals surface area contributed by atoms with Crippen molar-refractivity contribution in [3.63, 3.8) is 0 Å². The van der Waals surface area contributed by atoms with E-state index in [9.17, 15) is 0 Å². The van der Waals surface area contributed by atoms with Gasteiger partial charge in [-0.15, -0.1) is 0 Å². The van der Waals surface area contributed by atoms with Gasteiger partial charge in [0.15, 0.2) is 0 Å². The Labute approximate surface area is 107 Å². The maximum Gasteiger partial charge on any atom is 0.213 e. The number of benzene rings is 1. The first kappa shape index (κ1) is 12.5. The van der Waals surface area contributed by atoms with Crippen molar-refractivity contribution in [2.45, 2.75) is 27.3 Å². The van der Waals surface area contributed by atoms with Crippen LogP contribution < -0.4 is 10.1 Å². The first-order valence-corrected chi connectivity index (χ1v) is 5.91. The standard InChI is InChI=1S/C14H18N2O2/c1-9-5-6-13(17-4)12(7-9)15-8-14-16-10(2)11(3)18-14/h5-7,15H,8H2,1-4H3. The van der Waals surface area contributed by atoms with Crippen LogP contribution in [0.4, 0.5) is 5.69 Å². The second kappa shape index (κ2) is 5.12. The van der Waals surface area contributed by atoms with Crippen molar-refractivity contribution in [2.75, 3.05) is 12.4 Å². The molecule has 0 aliphatic rings. The highest BCUT2D eigenvalue weighted by Crippen LogP contribution is 2.25. The van der Waals surface area contributed by atoms with Crippen LogP contribution >= 0.6 is 0 Å². The van der Waals surface area contributed by atoms with E-state index in [4.69, 9.17) is 9.15 Å². The third kappa shape index (κ3) is 2.64. The van der Waals surface area contributed by atoms with Crippen LogP contribution in [0.5, 0.6) is 5.75 Å². The van der Waals surface area contributed by atoms with Crippen molar-refractivity contribution in [3.05, 3.63) is 41.1 Å². The van der Waals surface area contributed by atoms with Crippen LogP contribution in [0, 0.1) is 20.8 Å². The second-order valence-electron chi connectivity index (χ2n) is 4.31. The fourth-order valence-electron chi connectivity index (χ4n) is 1.75. The first-order valence-electron chi connectivity index (χ1n) is 5.91. The molecule has 2 rings (SSSR count). The van der Waals surface area contributed by atoms with Crippen LogP contribution in [0.15, 0.2) is 22.6 Å². The SMILES string of the molecule is COc1ccc(C)cc1NCc1nc(C)c(C)o1. The Morgan fingerprint density at radius 2 is 2.06 bits per heavy atom. The van der Waals surface area contributed by atoms with Gasteiger partial charge in [0.25, 0.3) is 0 Å². The van der Waals surface area contributed by atoms with Crippen molar-refractivity contribution >= 4 is 5.69 Å². The molecule has 0 atom stereocenters. The van der Waals surface area contributed by atoms with E-state index in [2.05, 4.69) is 10.3 Å². The van der Waals surface area contributed by atoms with Crippen LogP contribution in [-0.2, 0) is 6.54 Å². The summed E-state index contributed by atoms with van der Waals surface area (Å²) in [5.74, 6) is 2.37. The number of rotatable bonds is 4. The zero-order chi connectivity index (χ0) is 13.1. The molecule has 0 unspecified atom stereocenters. The predicted molar refractivity (Wildman–Crippen MR) is 71.0 cm³/mol. The minimum absolute atomic E-state index is 0.550. The Balaban J connectivity index is 2.12. The third-order valence-corrected chi connectivity index (χ3v) is 2.86. The summed E-state index contributed by atoms with van der Waals surface area (Å²) in [6, 6.07) is 6.01. The average Bonchev–Trinajstić information content (AvgIpc) is 2.66. The monoisotopic (exact) mass is 246 g/mol. The van der Waals surface area contributed by atoms with Gasteiger partial charge in [0, 0.05) is 0 Å². The van der Waals surface area contributed by atoms with E-state index in [0.29, 0.717) is 12.4 Å². The van der Waals surface area contributed by atoms with Gasteiger partial charge in [-0.05, 0) is 38.5 Å². The Morgan fingerprint density at radius 1 is 1.28 bits per heavy atom. The highest BCUT2D eigenvalue weighted by molar-refractivity contribution is 5.57. The molecule has 4 nitrogen and oxygen atoms in total. The quantitative estimate of drug-likeness (QED) is 0.899. The largest absolute Gasteiger partial charge is 0.495 e. The molecule has 0 saturated carbocycles. The van der Waals surface area contributed by atoms with Crippen molar-refractivity contribution in [3.8, 4) is 5.75 Å². The smallest absolute Gasteiger partial charge is 0.213 e. The number of aromatic nitrogens is 1. The molecule has 1 aromatic heterocycles. The number of hydrogen-bond donors (Lipinski definition) is 1. The number of oxazole rings is 1. The topological polar surface area (TPSA) is 47.3 Å². The van der Waals surface area contributed by atoms with E-state index in [1.165, 1.54) is 5.56 Å². The zero-order valence-electron chi connectivity index (χ0n) is 11.2. The van der Waals surface area contributed by atoms with Gasteiger partial charge in [-0.3, -0.25) is 0 Å². The summed E-state index contributed by atoms with van der Waals surface area (Å²) in [6.45, 7) is 6.45. The predicted octanol–water partition coefficient (Wildman–Crippen LogP) is 3.22. The molecular weight excluding hydrogens is 228 g/mol. The van der Waals surface area contributed by atoms with E-state index in [1.807, 2.05) is 39.0 Å². The number of hydrogen-bond acceptors (Lipinski definition) is 4. The minimum atomic E-state index is 0.550. The van der Waals surface area contributed by atoms with E-state index in [0.717, 1.165) is 22.9 Å². The van der Waals surface area contributed by atoms with E-state index in [1.54, 1.807) is 7.11 Å². The van der Waals surface area contributed by atoms with Gasteiger partial charge in [0.05, 0.1) is 25.0 Å². The molecule has 18 heavy (non-hydrogen) atoms. The zero-order valence-corrected chi connectivity index (χ0v) is 11.2. The molecule has 0 fully saturated rings. The van der Waals surface area contributed by atoms with Gasteiger partial charge in [0.1, 0.15) is 11.5 Å². The molecule has 0 spiro atoms. The fourth-order valence-corrected chi connectivity index (χ4v) is 1.75. The van der Waals surface area contributed by atoms with Crippen molar-refractivity contribution in [1.29, 1.82) is 0 Å². The summed E-state index contributed by atoms with van der Waals surface area (Å²) in [5, 5.41) is 3.28. The van der Waals surface area contributed by atoms with Gasteiger partial charge < -0.3 is 14.5 Å². The summed E-state index contributed by atoms with van der Waals surface area (Å²) in [6.07, 6.45) is 0. The van der Waals surface area contributed by atoms with Crippen molar-refractivity contribution in [2.24, 2.45) is 0 Å². The van der Waals surface area contributed by atoms with Gasteiger partial charge >= 0.3 is 0 Å². The minimum Gasteiger partial charge on any atom is -0.495 e. The Bertz CT molecular complexity index is 527. The molecule has 0 bridgehead atoms. The lowest BCUT2D eigenvalue weighted by Crippen LogP contribution is -2.02. The molecule has 0 aliphatic heterocycles. The molecule has 0 amide bonds. The van der Waals surface area contributed by atoms with Crippen LogP contribution in [0.1, 0.15) is 22.9 Å². The van der Waals surface area contributed by atoms with Crippen LogP contribution in [0.2, 0.25) is 0 Å². The summed E-state index contributed by atoms with van der Waals surface area (Å²) < 4.78 is 10.8. The molecule has 1 aromatic carbocycles. The lowest BCUT2D eigenvalue weighted by Gasteiger charge is -2.10. The number of methoxy groups -OCH3 is 1. The summed E-state index contributed by atoms with van der Waals surface area (Å²) >= 11 is 0. The molecule has 0 saturated heterocycles. The van der Waals surface area contributed by atoms with Gasteiger partial charge in [-0.2, -0.15) is 0 Å². The molecule has 96 valence electrons. The van der Waals surface area contributed by atoms with Crippen molar-refractivity contribution in [1.82, 2.24) is 4.98 Å². The highest BCUT2D eigenvalue weighted by Gasteiger charge is 2.07. The van der Waals surface area contributed by atoms with Gasteiger partial charge in [-0.25, -0.2) is 4.98 Å². The molecule has 0 radical (unpaired) electrons. The molecular formula is C14H18N2O2. The Morgan fingerprint density at radius 3 is 2.67 bits per heavy atom. The maximum absolute atomic E-state index is 5.53. The van der Waals surface area contributed by atoms with E-state index < -0.39 is 0 Å².